The number of nitrogens with two attached hydrogens (primary N) is 1. The lowest BCUT2D eigenvalue weighted by Crippen LogP contribution is -2.55. The molecule has 2 N–H and O–H groups in total. The molecule has 11 nitrogen and oxygen atoms in total. The number of ether oxygens (including phenoxy) is 2. The summed E-state index contributed by atoms with van der Waals surface area (Å²) in [4.78, 5) is 29.9. The molecule has 2 fully saturated rings. The molecule has 1 saturated carbocycles. The topological polar surface area (TPSA) is 115 Å². The third kappa shape index (κ3) is 5.85. The Bertz CT molecular complexity index is 1760. The van der Waals surface area contributed by atoms with Gasteiger partial charge in [0.05, 0.1) is 32.3 Å². The second kappa shape index (κ2) is 13.7. The molecule has 4 heterocycles. The van der Waals surface area contributed by atoms with Crippen molar-refractivity contribution in [1.29, 1.82) is 0 Å². The molecule has 2 aromatic heterocycles. The van der Waals surface area contributed by atoms with E-state index in [1.807, 2.05) is 11.0 Å². The highest BCUT2D eigenvalue weighted by Crippen LogP contribution is 2.50. The number of methoxy groups -OCH3 is 2. The van der Waals surface area contributed by atoms with E-state index in [4.69, 9.17) is 15.2 Å². The van der Waals surface area contributed by atoms with Crippen LogP contribution in [0.3, 0.4) is 0 Å². The highest BCUT2D eigenvalue weighted by Gasteiger charge is 2.47. The molecule has 48 heavy (non-hydrogen) atoms. The molecule has 2 aromatic carbocycles. The number of hydrogen-bond acceptors (Lipinski definition) is 9. The molecule has 1 spiro atoms. The molecule has 1 amide bonds. The molecular formula is C36H45FN8O3. The van der Waals surface area contributed by atoms with Crippen LogP contribution in [-0.2, 0) is 23.3 Å². The number of amides is 1. The lowest BCUT2D eigenvalue weighted by atomic mass is 9.68. The van der Waals surface area contributed by atoms with Gasteiger partial charge in [0.1, 0.15) is 18.0 Å². The molecule has 254 valence electrons. The van der Waals surface area contributed by atoms with Crippen molar-refractivity contribution in [2.45, 2.75) is 50.6 Å². The van der Waals surface area contributed by atoms with Crippen molar-refractivity contribution >= 4 is 22.8 Å². The normalized spacial score (nSPS) is 21.5. The number of hydrogen-bond donors (Lipinski definition) is 1. The summed E-state index contributed by atoms with van der Waals surface area (Å²) in [7, 11) is 3.38. The van der Waals surface area contributed by atoms with Crippen LogP contribution >= 0.6 is 0 Å². The van der Waals surface area contributed by atoms with Crippen molar-refractivity contribution in [1.82, 2.24) is 29.5 Å². The van der Waals surface area contributed by atoms with E-state index in [0.29, 0.717) is 43.9 Å². The fourth-order valence-electron chi connectivity index (χ4n) is 8.17. The predicted octanol–water partition coefficient (Wildman–Crippen LogP) is 3.97. The maximum absolute atomic E-state index is 14.3. The lowest BCUT2D eigenvalue weighted by molar-refractivity contribution is -0.138. The fourth-order valence-corrected chi connectivity index (χ4v) is 8.17. The van der Waals surface area contributed by atoms with Crippen LogP contribution in [0.5, 0.6) is 11.5 Å². The van der Waals surface area contributed by atoms with Gasteiger partial charge in [-0.05, 0) is 74.4 Å². The van der Waals surface area contributed by atoms with Gasteiger partial charge in [-0.3, -0.25) is 9.69 Å². The first-order valence-electron chi connectivity index (χ1n) is 17.1. The Hall–Kier alpha value is -4.29. The molecule has 4 aromatic rings. The summed E-state index contributed by atoms with van der Waals surface area (Å²) in [6, 6.07) is 11.0. The molecule has 0 radical (unpaired) electrons. The van der Waals surface area contributed by atoms with E-state index >= 15 is 0 Å². The first-order chi connectivity index (χ1) is 23.5. The molecule has 2 aliphatic heterocycles. The molecular weight excluding hydrogens is 611 g/mol. The zero-order valence-corrected chi connectivity index (χ0v) is 27.9. The second-order valence-corrected chi connectivity index (χ2v) is 13.2. The number of fused-ring (bicyclic) bond motifs is 3. The Labute approximate surface area is 280 Å². The van der Waals surface area contributed by atoms with Crippen LogP contribution in [0.25, 0.3) is 11.0 Å². The number of aromatic nitrogens is 4. The molecule has 0 bridgehead atoms. The number of nitrogens with zero attached hydrogens (tertiary/aromatic N) is 7. The van der Waals surface area contributed by atoms with E-state index < -0.39 is 0 Å². The first kappa shape index (κ1) is 32.3. The van der Waals surface area contributed by atoms with E-state index in [9.17, 15) is 9.18 Å². The minimum absolute atomic E-state index is 0.00595. The Morgan fingerprint density at radius 3 is 2.50 bits per heavy atom. The van der Waals surface area contributed by atoms with Crippen LogP contribution in [0.15, 0.2) is 48.9 Å². The van der Waals surface area contributed by atoms with E-state index in [-0.39, 0.29) is 29.7 Å². The van der Waals surface area contributed by atoms with Gasteiger partial charge in [-0.15, -0.1) is 0 Å². The van der Waals surface area contributed by atoms with Crippen LogP contribution in [0, 0.1) is 11.7 Å². The van der Waals surface area contributed by atoms with Gasteiger partial charge in [-0.2, -0.15) is 5.10 Å². The van der Waals surface area contributed by atoms with Gasteiger partial charge in [0.15, 0.2) is 17.1 Å². The van der Waals surface area contributed by atoms with E-state index in [1.165, 1.54) is 17.2 Å². The monoisotopic (exact) mass is 656 g/mol. The minimum atomic E-state index is -0.266. The van der Waals surface area contributed by atoms with Crippen LogP contribution in [0.1, 0.15) is 48.8 Å². The lowest BCUT2D eigenvalue weighted by Gasteiger charge is -2.52. The van der Waals surface area contributed by atoms with Gasteiger partial charge < -0.3 is 25.0 Å². The second-order valence-electron chi connectivity index (χ2n) is 13.2. The number of piperazine rings is 1. The first-order valence-corrected chi connectivity index (χ1v) is 17.1. The summed E-state index contributed by atoms with van der Waals surface area (Å²) in [5.74, 6) is 2.32. The smallest absolute Gasteiger partial charge is 0.225 e. The van der Waals surface area contributed by atoms with Gasteiger partial charge >= 0.3 is 0 Å². The van der Waals surface area contributed by atoms with Gasteiger partial charge in [-0.25, -0.2) is 19.0 Å². The Balaban J connectivity index is 1.02. The molecule has 1 saturated heterocycles. The Kier molecular flexibility index (Phi) is 9.19. The highest BCUT2D eigenvalue weighted by atomic mass is 19.1. The molecule has 12 heteroatoms. The summed E-state index contributed by atoms with van der Waals surface area (Å²) >= 11 is 0. The Morgan fingerprint density at radius 2 is 1.77 bits per heavy atom. The van der Waals surface area contributed by atoms with Crippen LogP contribution in [-0.4, -0.2) is 95.5 Å². The van der Waals surface area contributed by atoms with Gasteiger partial charge in [0, 0.05) is 56.3 Å². The number of carbonyl (C=O) groups excluding carboxylic acids is 1. The maximum Gasteiger partial charge on any atom is 0.225 e. The maximum atomic E-state index is 14.3. The SMILES string of the molecule is COc1cc2c(cc1OC)C1(CCC(C(=O)N3CCN(c4ncnc5c4cnn5Cc4ccccc4F)CC3)CC1)N(CCCN)CC2. The average Bonchev–Trinajstić information content (AvgIpc) is 3.54. The quantitative estimate of drug-likeness (QED) is 0.286. The third-order valence-electron chi connectivity index (χ3n) is 10.7. The zero-order valence-electron chi connectivity index (χ0n) is 27.9. The third-order valence-corrected chi connectivity index (χ3v) is 10.7. The van der Waals surface area contributed by atoms with Gasteiger partial charge in [0.2, 0.25) is 5.91 Å². The summed E-state index contributed by atoms with van der Waals surface area (Å²) in [6.07, 6.45) is 8.74. The van der Waals surface area contributed by atoms with Gasteiger partial charge in [-0.1, -0.05) is 18.2 Å². The number of carbonyl (C=O) groups is 1. The van der Waals surface area contributed by atoms with Crippen LogP contribution < -0.4 is 20.1 Å². The summed E-state index contributed by atoms with van der Waals surface area (Å²) in [6.45, 7) is 5.49. The van der Waals surface area contributed by atoms with Gasteiger partial charge in [0.25, 0.3) is 0 Å². The van der Waals surface area contributed by atoms with E-state index in [0.717, 1.165) is 74.3 Å². The van der Waals surface area contributed by atoms with Crippen LogP contribution in [0.4, 0.5) is 10.2 Å². The zero-order chi connectivity index (χ0) is 33.3. The minimum Gasteiger partial charge on any atom is -0.493 e. The van der Waals surface area contributed by atoms with E-state index in [2.05, 4.69) is 37.0 Å². The molecule has 7 rings (SSSR count). The fraction of sp³-hybridized carbons (Fsp3) is 0.500. The molecule has 0 atom stereocenters. The standard InChI is InChI=1S/C36H45FN8O3/c1-47-31-20-26-10-15-44(14-5-13-38)36(29(26)21-32(31)48-2)11-8-25(9-12-36)35(46)43-18-16-42(17-19-43)33-28-22-41-45(34(28)40-24-39-33)23-27-6-3-4-7-30(27)37/h3-4,6-7,20-22,24-25H,5,8-19,23,38H2,1-2H3. The van der Waals surface area contributed by atoms with Crippen molar-refractivity contribution in [3.05, 3.63) is 71.4 Å². The molecule has 1 aliphatic carbocycles. The van der Waals surface area contributed by atoms with Crippen molar-refractivity contribution in [3.8, 4) is 11.5 Å². The molecule has 3 aliphatic rings. The van der Waals surface area contributed by atoms with Crippen molar-refractivity contribution in [2.24, 2.45) is 11.7 Å². The summed E-state index contributed by atoms with van der Waals surface area (Å²) in [5.41, 5.74) is 9.67. The summed E-state index contributed by atoms with van der Waals surface area (Å²) in [5, 5.41) is 5.34. The number of benzene rings is 2. The number of halogens is 1. The Morgan fingerprint density at radius 1 is 1.02 bits per heavy atom. The molecule has 0 unspecified atom stereocenters. The summed E-state index contributed by atoms with van der Waals surface area (Å²) < 4.78 is 27.4. The number of anilines is 1. The predicted molar refractivity (Wildman–Crippen MR) is 182 cm³/mol. The van der Waals surface area contributed by atoms with Crippen molar-refractivity contribution < 1.29 is 18.7 Å². The van der Waals surface area contributed by atoms with Crippen molar-refractivity contribution in [3.63, 3.8) is 0 Å². The average molecular weight is 657 g/mol. The van der Waals surface area contributed by atoms with Crippen LogP contribution in [0.2, 0.25) is 0 Å². The largest absolute Gasteiger partial charge is 0.493 e. The highest BCUT2D eigenvalue weighted by molar-refractivity contribution is 5.87. The van der Waals surface area contributed by atoms with Crippen molar-refractivity contribution in [2.75, 3.05) is 64.9 Å². The number of rotatable bonds is 9. The van der Waals surface area contributed by atoms with E-state index in [1.54, 1.807) is 43.6 Å².